The summed E-state index contributed by atoms with van der Waals surface area (Å²) in [5.74, 6) is 0.897. The van der Waals surface area contributed by atoms with Gasteiger partial charge in [0.25, 0.3) is 5.69 Å². The topological polar surface area (TPSA) is 88.2 Å². The Bertz CT molecular complexity index is 796. The Morgan fingerprint density at radius 2 is 1.74 bits per heavy atom. The second-order valence-electron chi connectivity index (χ2n) is 8.12. The summed E-state index contributed by atoms with van der Waals surface area (Å²) in [5, 5.41) is 11.7. The number of hydrogen-bond acceptors (Lipinski definition) is 5. The highest BCUT2D eigenvalue weighted by Crippen LogP contribution is 2.35. The zero-order valence-electron chi connectivity index (χ0n) is 16.2. The summed E-state index contributed by atoms with van der Waals surface area (Å²) in [4.78, 5) is 14.5. The van der Waals surface area contributed by atoms with Gasteiger partial charge < -0.3 is 9.80 Å². The summed E-state index contributed by atoms with van der Waals surface area (Å²) in [6, 6.07) is 4.36. The molecule has 8 nitrogen and oxygen atoms in total. The van der Waals surface area contributed by atoms with Crippen LogP contribution in [0.3, 0.4) is 0 Å². The first-order chi connectivity index (χ1) is 12.7. The average Bonchev–Trinajstić information content (AvgIpc) is 2.60. The summed E-state index contributed by atoms with van der Waals surface area (Å²) < 4.78 is 27.3. The van der Waals surface area contributed by atoms with E-state index in [0.717, 1.165) is 32.6 Å². The molecule has 1 aromatic carbocycles. The van der Waals surface area contributed by atoms with Gasteiger partial charge in [-0.3, -0.25) is 10.1 Å². The van der Waals surface area contributed by atoms with E-state index < -0.39 is 14.9 Å². The average molecular weight is 398 g/mol. The van der Waals surface area contributed by atoms with Crippen molar-refractivity contribution in [1.82, 2.24) is 4.31 Å². The van der Waals surface area contributed by atoms with E-state index in [4.69, 9.17) is 0 Å². The summed E-state index contributed by atoms with van der Waals surface area (Å²) in [7, 11) is -1.68. The van der Waals surface area contributed by atoms with Crippen molar-refractivity contribution >= 4 is 21.4 Å². The molecule has 2 atom stereocenters. The lowest BCUT2D eigenvalue weighted by molar-refractivity contribution is -0.883. The van der Waals surface area contributed by atoms with Crippen LogP contribution in [0.15, 0.2) is 23.1 Å². The Balaban J connectivity index is 1.93. The molecular weight excluding hydrogens is 368 g/mol. The number of nitrogens with one attached hydrogen (secondary N) is 1. The van der Waals surface area contributed by atoms with Crippen LogP contribution in [0, 0.1) is 22.0 Å². The highest BCUT2D eigenvalue weighted by Gasteiger charge is 2.33. The van der Waals surface area contributed by atoms with E-state index in [1.807, 2.05) is 11.9 Å². The molecule has 0 saturated carbocycles. The maximum Gasteiger partial charge on any atom is 0.293 e. The van der Waals surface area contributed by atoms with E-state index in [0.29, 0.717) is 30.6 Å². The second-order valence-corrected chi connectivity index (χ2v) is 10.1. The molecule has 3 rings (SSSR count). The van der Waals surface area contributed by atoms with E-state index in [1.54, 1.807) is 6.07 Å². The molecule has 0 aromatic heterocycles. The van der Waals surface area contributed by atoms with Gasteiger partial charge in [-0.1, -0.05) is 13.8 Å². The Kier molecular flexibility index (Phi) is 5.73. The lowest BCUT2D eigenvalue weighted by Gasteiger charge is -2.36. The first kappa shape index (κ1) is 20.0. The summed E-state index contributed by atoms with van der Waals surface area (Å²) in [6.07, 6.45) is 1.10. The largest absolute Gasteiger partial charge is 0.365 e. The first-order valence-electron chi connectivity index (χ1n) is 9.53. The van der Waals surface area contributed by atoms with Crippen molar-refractivity contribution in [3.63, 3.8) is 0 Å². The highest BCUT2D eigenvalue weighted by molar-refractivity contribution is 7.89. The van der Waals surface area contributed by atoms with E-state index in [-0.39, 0.29) is 10.6 Å². The molecule has 0 amide bonds. The normalized spacial score (nSPS) is 25.5. The van der Waals surface area contributed by atoms with Crippen LogP contribution < -0.4 is 9.80 Å². The lowest BCUT2D eigenvalue weighted by atomic mass is 9.91. The zero-order valence-corrected chi connectivity index (χ0v) is 17.0. The minimum absolute atomic E-state index is 0.00982. The van der Waals surface area contributed by atoms with Crippen LogP contribution in [0.1, 0.15) is 20.3 Å². The number of sulfonamides is 1. The van der Waals surface area contributed by atoms with Crippen LogP contribution in [-0.2, 0) is 10.0 Å². The predicted molar refractivity (Wildman–Crippen MR) is 104 cm³/mol. The molecule has 2 aliphatic rings. The molecule has 1 aromatic rings. The minimum atomic E-state index is -3.71. The molecule has 0 unspecified atom stereocenters. The van der Waals surface area contributed by atoms with Crippen LogP contribution in [0.5, 0.6) is 0 Å². The smallest absolute Gasteiger partial charge is 0.293 e. The van der Waals surface area contributed by atoms with Crippen LogP contribution in [0.25, 0.3) is 0 Å². The van der Waals surface area contributed by atoms with Crippen molar-refractivity contribution in [3.8, 4) is 0 Å². The number of likely N-dealkylation sites (N-methyl/N-ethyl adjacent to an activating group) is 1. The van der Waals surface area contributed by atoms with Crippen molar-refractivity contribution in [2.24, 2.45) is 11.8 Å². The molecule has 2 heterocycles. The van der Waals surface area contributed by atoms with Gasteiger partial charge in [0.2, 0.25) is 10.0 Å². The number of piperidine rings is 1. The van der Waals surface area contributed by atoms with Gasteiger partial charge >= 0.3 is 0 Å². The fourth-order valence-corrected chi connectivity index (χ4v) is 5.66. The third kappa shape index (κ3) is 4.25. The predicted octanol–water partition coefficient (Wildman–Crippen LogP) is 0.596. The van der Waals surface area contributed by atoms with Gasteiger partial charge in [0.15, 0.2) is 0 Å². The number of hydrogen-bond donors (Lipinski definition) is 1. The molecule has 2 aliphatic heterocycles. The highest BCUT2D eigenvalue weighted by atomic mass is 32.2. The number of nitrogens with zero attached hydrogens (tertiary/aromatic N) is 3. The number of benzene rings is 1. The fraction of sp³-hybridized carbons (Fsp3) is 0.667. The molecule has 2 saturated heterocycles. The minimum Gasteiger partial charge on any atom is -0.365 e. The maximum atomic E-state index is 12.9. The molecule has 27 heavy (non-hydrogen) atoms. The molecule has 0 aliphatic carbocycles. The Hall–Kier alpha value is -1.71. The number of quaternary nitrogens is 1. The maximum absolute atomic E-state index is 12.9. The third-order valence-electron chi connectivity index (χ3n) is 5.57. The van der Waals surface area contributed by atoms with E-state index in [1.165, 1.54) is 21.3 Å². The summed E-state index contributed by atoms with van der Waals surface area (Å²) in [5.41, 5.74) is 0.386. The van der Waals surface area contributed by atoms with Gasteiger partial charge in [-0.05, 0) is 30.4 Å². The monoisotopic (exact) mass is 397 g/mol. The van der Waals surface area contributed by atoms with Crippen LogP contribution in [0.2, 0.25) is 0 Å². The Labute approximate surface area is 160 Å². The molecule has 0 bridgehead atoms. The molecule has 0 spiro atoms. The van der Waals surface area contributed by atoms with Crippen LogP contribution >= 0.6 is 0 Å². The Morgan fingerprint density at radius 3 is 2.30 bits per heavy atom. The molecular formula is C18H29N4O4S+. The third-order valence-corrected chi connectivity index (χ3v) is 7.46. The standard InChI is InChI=1S/C18H28N4O4S/c1-14-10-15(2)13-20(12-14)17-5-4-16(11-18(17)22(23)24)27(25,26)21-8-6-19(3)7-9-21/h4-5,11,14-15H,6-10,12-13H2,1-3H3/p+1/t14-,15-/m0/s1. The number of nitro groups is 1. The quantitative estimate of drug-likeness (QED) is 0.594. The number of rotatable bonds is 4. The number of nitro benzene ring substituents is 1. The van der Waals surface area contributed by atoms with E-state index in [2.05, 4.69) is 13.8 Å². The fourth-order valence-electron chi connectivity index (χ4n) is 4.19. The number of anilines is 1. The van der Waals surface area contributed by atoms with E-state index in [9.17, 15) is 18.5 Å². The molecule has 0 radical (unpaired) electrons. The lowest BCUT2D eigenvalue weighted by Crippen LogP contribution is -3.12. The summed E-state index contributed by atoms with van der Waals surface area (Å²) in [6.45, 7) is 8.13. The van der Waals surface area contributed by atoms with Crippen molar-refractivity contribution in [3.05, 3.63) is 28.3 Å². The molecule has 1 N–H and O–H groups in total. The van der Waals surface area contributed by atoms with Crippen molar-refractivity contribution in [1.29, 1.82) is 0 Å². The van der Waals surface area contributed by atoms with Crippen LogP contribution in [0.4, 0.5) is 11.4 Å². The number of piperazine rings is 1. The zero-order chi connectivity index (χ0) is 19.8. The van der Waals surface area contributed by atoms with Crippen molar-refractivity contribution in [2.45, 2.75) is 25.2 Å². The second kappa shape index (κ2) is 7.73. The van der Waals surface area contributed by atoms with Gasteiger partial charge in [-0.25, -0.2) is 8.42 Å². The van der Waals surface area contributed by atoms with E-state index >= 15 is 0 Å². The van der Waals surface area contributed by atoms with Gasteiger partial charge in [0, 0.05) is 19.2 Å². The van der Waals surface area contributed by atoms with Crippen LogP contribution in [-0.4, -0.2) is 64.0 Å². The Morgan fingerprint density at radius 1 is 1.15 bits per heavy atom. The molecule has 150 valence electrons. The molecule has 2 fully saturated rings. The van der Waals surface area contributed by atoms with Gasteiger partial charge in [0.1, 0.15) is 5.69 Å². The van der Waals surface area contributed by atoms with Gasteiger partial charge in [-0.15, -0.1) is 0 Å². The van der Waals surface area contributed by atoms with Gasteiger partial charge in [-0.2, -0.15) is 4.31 Å². The van der Waals surface area contributed by atoms with Gasteiger partial charge in [0.05, 0.1) is 43.0 Å². The van der Waals surface area contributed by atoms with Crippen molar-refractivity contribution < 1.29 is 18.2 Å². The van der Waals surface area contributed by atoms with Crippen molar-refractivity contribution in [2.75, 3.05) is 51.2 Å². The first-order valence-corrected chi connectivity index (χ1v) is 11.0. The SMILES string of the molecule is C[C@H]1C[C@H](C)CN(c2ccc(S(=O)(=O)N3CC[NH+](C)CC3)cc2[N+](=O)[O-])C1. The summed E-state index contributed by atoms with van der Waals surface area (Å²) >= 11 is 0. The molecule has 9 heteroatoms.